The zero-order valence-electron chi connectivity index (χ0n) is 10.3. The summed E-state index contributed by atoms with van der Waals surface area (Å²) in [4.78, 5) is 5.40. The lowest BCUT2D eigenvalue weighted by molar-refractivity contribution is 0.298. The van der Waals surface area contributed by atoms with E-state index in [-0.39, 0.29) is 6.04 Å². The molecule has 0 saturated carbocycles. The largest absolute Gasteiger partial charge is 0.361 e. The molecule has 92 valence electrons. The molecule has 2 aromatic rings. The van der Waals surface area contributed by atoms with E-state index in [9.17, 15) is 0 Å². The van der Waals surface area contributed by atoms with Gasteiger partial charge in [-0.3, -0.25) is 0 Å². The minimum atomic E-state index is -0.483. The first-order chi connectivity index (χ1) is 7.94. The molecule has 1 unspecified atom stereocenters. The Kier molecular flexibility index (Phi) is 3.48. The number of thiol groups is 2. The number of likely N-dealkylation sites (N-methyl/N-ethyl adjacent to an activating group) is 1. The summed E-state index contributed by atoms with van der Waals surface area (Å²) < 4.78 is -0.483. The van der Waals surface area contributed by atoms with Gasteiger partial charge in [-0.05, 0) is 27.1 Å². The molecule has 0 aliphatic heterocycles. The zero-order valence-corrected chi connectivity index (χ0v) is 12.1. The highest BCUT2D eigenvalue weighted by Gasteiger charge is 2.33. The van der Waals surface area contributed by atoms with Gasteiger partial charge in [-0.1, -0.05) is 18.2 Å². The average molecular weight is 266 g/mol. The number of nitrogens with zero attached hydrogens (tertiary/aromatic N) is 1. The number of hydrogen-bond donors (Lipinski definition) is 3. The van der Waals surface area contributed by atoms with Crippen molar-refractivity contribution < 1.29 is 0 Å². The Hall–Kier alpha value is -0.580. The number of aromatic amines is 1. The summed E-state index contributed by atoms with van der Waals surface area (Å²) in [5.41, 5.74) is 2.25. The van der Waals surface area contributed by atoms with Gasteiger partial charge in [0.1, 0.15) is 0 Å². The van der Waals surface area contributed by atoms with Crippen LogP contribution in [0.4, 0.5) is 0 Å². The summed E-state index contributed by atoms with van der Waals surface area (Å²) in [6, 6.07) is 8.45. The van der Waals surface area contributed by atoms with Gasteiger partial charge in [0.15, 0.2) is 0 Å². The summed E-state index contributed by atoms with van der Waals surface area (Å²) in [7, 11) is 4.08. The lowest BCUT2D eigenvalue weighted by Gasteiger charge is -2.34. The average Bonchev–Trinajstić information content (AvgIpc) is 2.72. The second-order valence-electron chi connectivity index (χ2n) is 4.61. The molecule has 1 aromatic heterocycles. The van der Waals surface area contributed by atoms with Gasteiger partial charge in [-0.2, -0.15) is 25.3 Å². The highest BCUT2D eigenvalue weighted by molar-refractivity contribution is 7.99. The predicted octanol–water partition coefficient (Wildman–Crippen LogP) is 3.13. The quantitative estimate of drug-likeness (QED) is 0.575. The molecule has 0 aliphatic carbocycles. The fraction of sp³-hybridized carbons (Fsp3) is 0.385. The first kappa shape index (κ1) is 12.9. The Morgan fingerprint density at radius 1 is 1.24 bits per heavy atom. The van der Waals surface area contributed by atoms with Gasteiger partial charge >= 0.3 is 0 Å². The number of benzene rings is 1. The molecular formula is C13H18N2S2. The number of aromatic nitrogens is 1. The van der Waals surface area contributed by atoms with Crippen LogP contribution in [-0.2, 0) is 4.08 Å². The van der Waals surface area contributed by atoms with Gasteiger partial charge in [0.2, 0.25) is 0 Å². The van der Waals surface area contributed by atoms with Crippen molar-refractivity contribution in [3.63, 3.8) is 0 Å². The molecule has 0 fully saturated rings. The molecule has 1 atom stereocenters. The molecule has 0 radical (unpaired) electrons. The monoisotopic (exact) mass is 266 g/mol. The normalized spacial score (nSPS) is 14.5. The van der Waals surface area contributed by atoms with Crippen LogP contribution in [0.5, 0.6) is 0 Å². The van der Waals surface area contributed by atoms with Crippen LogP contribution in [0, 0.1) is 0 Å². The van der Waals surface area contributed by atoms with E-state index in [1.807, 2.05) is 32.4 Å². The van der Waals surface area contributed by atoms with E-state index in [0.717, 1.165) is 11.1 Å². The van der Waals surface area contributed by atoms with E-state index in [4.69, 9.17) is 25.3 Å². The van der Waals surface area contributed by atoms with Crippen LogP contribution in [0.2, 0.25) is 0 Å². The van der Waals surface area contributed by atoms with Crippen LogP contribution in [0.25, 0.3) is 10.9 Å². The van der Waals surface area contributed by atoms with E-state index in [1.165, 1.54) is 5.39 Å². The smallest absolute Gasteiger partial charge is 0.0976 e. The van der Waals surface area contributed by atoms with Crippen molar-refractivity contribution in [2.24, 2.45) is 0 Å². The molecular weight excluding hydrogens is 248 g/mol. The number of rotatable bonds is 3. The molecule has 1 N–H and O–H groups in total. The van der Waals surface area contributed by atoms with Crippen LogP contribution >= 0.6 is 25.3 Å². The Bertz CT molecular complexity index is 517. The van der Waals surface area contributed by atoms with Crippen LogP contribution in [0.15, 0.2) is 30.5 Å². The maximum absolute atomic E-state index is 4.76. The molecule has 0 saturated heterocycles. The fourth-order valence-electron chi connectivity index (χ4n) is 1.96. The molecule has 0 aliphatic rings. The molecule has 1 heterocycles. The van der Waals surface area contributed by atoms with Gasteiger partial charge < -0.3 is 9.88 Å². The van der Waals surface area contributed by atoms with Crippen molar-refractivity contribution in [2.45, 2.75) is 17.0 Å². The molecule has 4 heteroatoms. The Morgan fingerprint density at radius 3 is 2.53 bits per heavy atom. The van der Waals surface area contributed by atoms with Crippen LogP contribution in [0.3, 0.4) is 0 Å². The third-order valence-electron chi connectivity index (χ3n) is 3.34. The molecule has 0 spiro atoms. The summed E-state index contributed by atoms with van der Waals surface area (Å²) in [6.07, 6.45) is 2.00. The lowest BCUT2D eigenvalue weighted by atomic mass is 10.0. The minimum Gasteiger partial charge on any atom is -0.361 e. The van der Waals surface area contributed by atoms with E-state index in [2.05, 4.69) is 28.9 Å². The van der Waals surface area contributed by atoms with Crippen LogP contribution in [0.1, 0.15) is 12.5 Å². The van der Waals surface area contributed by atoms with Gasteiger partial charge in [0.25, 0.3) is 0 Å². The first-order valence-corrected chi connectivity index (χ1v) is 6.51. The topological polar surface area (TPSA) is 19.0 Å². The van der Waals surface area contributed by atoms with Crippen molar-refractivity contribution in [3.8, 4) is 0 Å². The first-order valence-electron chi connectivity index (χ1n) is 5.62. The number of fused-ring (bicyclic) bond motifs is 1. The van der Waals surface area contributed by atoms with E-state index in [1.54, 1.807) is 0 Å². The van der Waals surface area contributed by atoms with Gasteiger partial charge in [0.05, 0.1) is 4.08 Å². The summed E-state index contributed by atoms with van der Waals surface area (Å²) >= 11 is 9.51. The SMILES string of the molecule is CC(N(C)C)C(S)(S)c1c[nH]c2ccccc12. The number of para-hydroxylation sites is 1. The fourth-order valence-corrected chi connectivity index (χ4v) is 2.79. The van der Waals surface area contributed by atoms with E-state index < -0.39 is 4.08 Å². The number of H-pyrrole nitrogens is 1. The summed E-state index contributed by atoms with van der Waals surface area (Å²) in [5, 5.41) is 1.19. The van der Waals surface area contributed by atoms with Crippen molar-refractivity contribution >= 4 is 36.2 Å². The van der Waals surface area contributed by atoms with Crippen molar-refractivity contribution in [1.29, 1.82) is 0 Å². The molecule has 0 amide bonds. The highest BCUT2D eigenvalue weighted by atomic mass is 32.2. The molecule has 1 aromatic carbocycles. The highest BCUT2D eigenvalue weighted by Crippen LogP contribution is 2.41. The van der Waals surface area contributed by atoms with E-state index in [0.29, 0.717) is 0 Å². The predicted molar refractivity (Wildman–Crippen MR) is 81.1 cm³/mol. The second kappa shape index (κ2) is 4.59. The Morgan fingerprint density at radius 2 is 1.88 bits per heavy atom. The molecule has 0 bridgehead atoms. The second-order valence-corrected chi connectivity index (χ2v) is 6.38. The Balaban J connectivity index is 2.52. The third-order valence-corrected chi connectivity index (χ3v) is 4.57. The molecule has 17 heavy (non-hydrogen) atoms. The Labute approximate surface area is 113 Å². The molecule has 2 nitrogen and oxygen atoms in total. The van der Waals surface area contributed by atoms with Crippen LogP contribution < -0.4 is 0 Å². The standard InChI is InChI=1S/C13H18N2S2/c1-9(15(2)3)13(16,17)11-8-14-12-7-5-4-6-10(11)12/h4-9,14,16-17H,1-3H3. The summed E-state index contributed by atoms with van der Waals surface area (Å²) in [5.74, 6) is 0. The number of nitrogens with one attached hydrogen (secondary N) is 1. The molecule has 2 rings (SSSR count). The lowest BCUT2D eigenvalue weighted by Crippen LogP contribution is -2.38. The van der Waals surface area contributed by atoms with Gasteiger partial charge in [0, 0.05) is 28.7 Å². The summed E-state index contributed by atoms with van der Waals surface area (Å²) in [6.45, 7) is 2.13. The van der Waals surface area contributed by atoms with E-state index >= 15 is 0 Å². The van der Waals surface area contributed by atoms with Gasteiger partial charge in [-0.15, -0.1) is 0 Å². The van der Waals surface area contributed by atoms with Crippen molar-refractivity contribution in [2.75, 3.05) is 14.1 Å². The van der Waals surface area contributed by atoms with Crippen molar-refractivity contribution in [1.82, 2.24) is 9.88 Å². The maximum atomic E-state index is 4.76. The van der Waals surface area contributed by atoms with Crippen LogP contribution in [-0.4, -0.2) is 30.0 Å². The zero-order chi connectivity index (χ0) is 12.6. The third kappa shape index (κ3) is 2.21. The number of hydrogen-bond acceptors (Lipinski definition) is 3. The van der Waals surface area contributed by atoms with Crippen molar-refractivity contribution in [3.05, 3.63) is 36.0 Å². The minimum absolute atomic E-state index is 0.216. The van der Waals surface area contributed by atoms with Gasteiger partial charge in [-0.25, -0.2) is 0 Å². The maximum Gasteiger partial charge on any atom is 0.0976 e.